The zero-order valence-corrected chi connectivity index (χ0v) is 13.6. The Morgan fingerprint density at radius 3 is 2.78 bits per heavy atom. The van der Waals surface area contributed by atoms with Crippen LogP contribution < -0.4 is 0 Å². The van der Waals surface area contributed by atoms with E-state index in [4.69, 9.17) is 4.74 Å². The maximum absolute atomic E-state index is 5.50. The largest absolute Gasteiger partial charge is 0.381 e. The number of ether oxygens (including phenoxy) is 1. The van der Waals surface area contributed by atoms with Gasteiger partial charge in [0.2, 0.25) is 0 Å². The van der Waals surface area contributed by atoms with Crippen molar-refractivity contribution in [2.45, 2.75) is 25.8 Å². The van der Waals surface area contributed by atoms with E-state index in [2.05, 4.69) is 52.3 Å². The Morgan fingerprint density at radius 2 is 2.22 bits per heavy atom. The van der Waals surface area contributed by atoms with Gasteiger partial charge in [-0.1, -0.05) is 22.0 Å². The highest BCUT2D eigenvalue weighted by Crippen LogP contribution is 2.35. The van der Waals surface area contributed by atoms with E-state index in [1.165, 1.54) is 17.7 Å². The van der Waals surface area contributed by atoms with E-state index in [-0.39, 0.29) is 0 Å². The minimum absolute atomic E-state index is 0.387. The van der Waals surface area contributed by atoms with Crippen LogP contribution in [0, 0.1) is 5.41 Å². The molecule has 1 saturated heterocycles. The summed E-state index contributed by atoms with van der Waals surface area (Å²) in [5.74, 6) is 0. The molecule has 4 heteroatoms. The number of hydrogen-bond donors (Lipinski definition) is 0. The van der Waals surface area contributed by atoms with Crippen LogP contribution in [0.3, 0.4) is 0 Å². The van der Waals surface area contributed by atoms with Gasteiger partial charge < -0.3 is 4.74 Å². The zero-order valence-electron chi connectivity index (χ0n) is 11.2. The van der Waals surface area contributed by atoms with Crippen LogP contribution in [0.2, 0.25) is 0 Å². The number of halogens is 1. The van der Waals surface area contributed by atoms with Gasteiger partial charge in [-0.15, -0.1) is 11.3 Å². The second-order valence-electron chi connectivity index (χ2n) is 5.35. The van der Waals surface area contributed by atoms with Crippen LogP contribution in [0.4, 0.5) is 0 Å². The quantitative estimate of drug-likeness (QED) is 0.758. The smallest absolute Gasteiger partial charge is 0.0472 e. The molecule has 0 amide bonds. The fourth-order valence-electron chi connectivity index (χ4n) is 2.55. The van der Waals surface area contributed by atoms with Gasteiger partial charge in [0.25, 0.3) is 0 Å². The molecule has 0 aromatic carbocycles. The van der Waals surface area contributed by atoms with Crippen LogP contribution in [0.15, 0.2) is 17.5 Å². The molecule has 0 spiro atoms. The van der Waals surface area contributed by atoms with Crippen molar-refractivity contribution in [2.75, 3.05) is 32.1 Å². The van der Waals surface area contributed by atoms with Crippen LogP contribution in [0.1, 0.15) is 30.7 Å². The molecule has 2 heterocycles. The van der Waals surface area contributed by atoms with Crippen LogP contribution in [0.25, 0.3) is 0 Å². The molecule has 1 fully saturated rings. The van der Waals surface area contributed by atoms with Crippen molar-refractivity contribution in [3.63, 3.8) is 0 Å². The Labute approximate surface area is 122 Å². The summed E-state index contributed by atoms with van der Waals surface area (Å²) in [5, 5.41) is 3.24. The van der Waals surface area contributed by atoms with Crippen molar-refractivity contribution in [1.82, 2.24) is 4.90 Å². The van der Waals surface area contributed by atoms with E-state index >= 15 is 0 Å². The third-order valence-corrected chi connectivity index (χ3v) is 6.27. The molecule has 2 rings (SSSR count). The maximum Gasteiger partial charge on any atom is 0.0472 e. The summed E-state index contributed by atoms with van der Waals surface area (Å²) in [6, 6.07) is 4.87. The van der Waals surface area contributed by atoms with Crippen molar-refractivity contribution in [3.8, 4) is 0 Å². The van der Waals surface area contributed by atoms with Crippen molar-refractivity contribution < 1.29 is 4.74 Å². The van der Waals surface area contributed by atoms with Crippen molar-refractivity contribution in [1.29, 1.82) is 0 Å². The third-order valence-electron chi connectivity index (χ3n) is 4.04. The summed E-state index contributed by atoms with van der Waals surface area (Å²) in [5.41, 5.74) is 0.387. The highest BCUT2D eigenvalue weighted by atomic mass is 79.9. The van der Waals surface area contributed by atoms with Gasteiger partial charge in [-0.3, -0.25) is 4.90 Å². The predicted molar refractivity (Wildman–Crippen MR) is 81.6 cm³/mol. The molecule has 0 radical (unpaired) electrons. The predicted octanol–water partition coefficient (Wildman–Crippen LogP) is 3.93. The van der Waals surface area contributed by atoms with E-state index in [1.807, 2.05) is 11.3 Å². The Balaban J connectivity index is 1.98. The summed E-state index contributed by atoms with van der Waals surface area (Å²) >= 11 is 5.56. The van der Waals surface area contributed by atoms with Gasteiger partial charge in [-0.05, 0) is 43.7 Å². The molecule has 0 N–H and O–H groups in total. The fraction of sp³-hybridized carbons (Fsp3) is 0.714. The Kier molecular flexibility index (Phi) is 5.24. The second-order valence-corrected chi connectivity index (χ2v) is 6.89. The van der Waals surface area contributed by atoms with Crippen LogP contribution >= 0.6 is 27.3 Å². The van der Waals surface area contributed by atoms with Crippen LogP contribution in [0.5, 0.6) is 0 Å². The molecular formula is C14H22BrNOS. The minimum Gasteiger partial charge on any atom is -0.381 e. The molecule has 1 aromatic heterocycles. The normalized spacial score (nSPS) is 21.1. The first kappa shape index (κ1) is 14.5. The summed E-state index contributed by atoms with van der Waals surface area (Å²) in [6.45, 7) is 5.26. The minimum atomic E-state index is 0.387. The molecule has 2 nitrogen and oxygen atoms in total. The number of rotatable bonds is 5. The van der Waals surface area contributed by atoms with Gasteiger partial charge >= 0.3 is 0 Å². The standard InChI is InChI=1S/C14H22BrNOS/c1-12(13-4-3-9-18-13)16(2)11-14(10-15)5-7-17-8-6-14/h3-4,9,12H,5-8,10-11H2,1-2H3. The van der Waals surface area contributed by atoms with Gasteiger partial charge in [-0.25, -0.2) is 0 Å². The summed E-state index contributed by atoms with van der Waals surface area (Å²) in [4.78, 5) is 3.94. The van der Waals surface area contributed by atoms with E-state index in [9.17, 15) is 0 Å². The van der Waals surface area contributed by atoms with Crippen LogP contribution in [-0.4, -0.2) is 37.0 Å². The van der Waals surface area contributed by atoms with Gasteiger partial charge in [0.15, 0.2) is 0 Å². The lowest BCUT2D eigenvalue weighted by Crippen LogP contribution is -2.42. The number of hydrogen-bond acceptors (Lipinski definition) is 3. The van der Waals surface area contributed by atoms with E-state index in [0.717, 1.165) is 25.1 Å². The molecule has 1 atom stereocenters. The van der Waals surface area contributed by atoms with Gasteiger partial charge in [0, 0.05) is 36.0 Å². The Morgan fingerprint density at radius 1 is 1.50 bits per heavy atom. The molecule has 0 bridgehead atoms. The summed E-state index contributed by atoms with van der Waals surface area (Å²) in [7, 11) is 2.24. The average Bonchev–Trinajstić information content (AvgIpc) is 2.92. The number of alkyl halides is 1. The van der Waals surface area contributed by atoms with E-state index in [0.29, 0.717) is 11.5 Å². The van der Waals surface area contributed by atoms with E-state index in [1.54, 1.807) is 0 Å². The second kappa shape index (κ2) is 6.51. The summed E-state index contributed by atoms with van der Waals surface area (Å²) < 4.78 is 5.50. The Hall–Kier alpha value is 0.1000. The SMILES string of the molecule is CC(c1cccs1)N(C)CC1(CBr)CCOCC1. The maximum atomic E-state index is 5.50. The molecule has 1 aliphatic heterocycles. The van der Waals surface area contributed by atoms with Gasteiger partial charge in [-0.2, -0.15) is 0 Å². The third kappa shape index (κ3) is 3.35. The highest BCUT2D eigenvalue weighted by molar-refractivity contribution is 9.09. The lowest BCUT2D eigenvalue weighted by atomic mass is 9.81. The van der Waals surface area contributed by atoms with Crippen molar-refractivity contribution in [2.24, 2.45) is 5.41 Å². The lowest BCUT2D eigenvalue weighted by Gasteiger charge is -2.40. The molecule has 1 aromatic rings. The number of thiophene rings is 1. The summed E-state index contributed by atoms with van der Waals surface area (Å²) in [6.07, 6.45) is 2.33. The molecule has 1 unspecified atom stereocenters. The number of nitrogens with zero attached hydrogens (tertiary/aromatic N) is 1. The molecule has 0 saturated carbocycles. The van der Waals surface area contributed by atoms with Crippen molar-refractivity contribution >= 4 is 27.3 Å². The van der Waals surface area contributed by atoms with Crippen molar-refractivity contribution in [3.05, 3.63) is 22.4 Å². The lowest BCUT2D eigenvalue weighted by molar-refractivity contribution is 0.00696. The molecule has 102 valence electrons. The molecule has 1 aliphatic rings. The molecule has 0 aliphatic carbocycles. The first-order valence-electron chi connectivity index (χ1n) is 6.54. The van der Waals surface area contributed by atoms with E-state index < -0.39 is 0 Å². The Bertz CT molecular complexity index is 349. The van der Waals surface area contributed by atoms with Crippen LogP contribution in [-0.2, 0) is 4.74 Å². The first-order valence-corrected chi connectivity index (χ1v) is 8.54. The van der Waals surface area contributed by atoms with Gasteiger partial charge in [0.1, 0.15) is 0 Å². The highest BCUT2D eigenvalue weighted by Gasteiger charge is 2.33. The average molecular weight is 332 g/mol. The first-order chi connectivity index (χ1) is 8.67. The fourth-order valence-corrected chi connectivity index (χ4v) is 4.14. The topological polar surface area (TPSA) is 12.5 Å². The zero-order chi connectivity index (χ0) is 13.0. The monoisotopic (exact) mass is 331 g/mol. The molecular weight excluding hydrogens is 310 g/mol. The van der Waals surface area contributed by atoms with Gasteiger partial charge in [0.05, 0.1) is 0 Å². The molecule has 18 heavy (non-hydrogen) atoms.